The van der Waals surface area contributed by atoms with E-state index in [1.54, 1.807) is 6.33 Å². The molecular formula is C10H18N4. The van der Waals surface area contributed by atoms with E-state index in [1.165, 1.54) is 6.42 Å². The van der Waals surface area contributed by atoms with E-state index in [0.29, 0.717) is 5.92 Å². The van der Waals surface area contributed by atoms with E-state index in [4.69, 9.17) is 5.73 Å². The lowest BCUT2D eigenvalue weighted by Crippen LogP contribution is -2.27. The SMILES string of the molecule is CCn1ncnc1CC(N)C1CC1C. The van der Waals surface area contributed by atoms with Gasteiger partial charge in [0.2, 0.25) is 0 Å². The number of nitrogens with zero attached hydrogens (tertiary/aromatic N) is 3. The molecule has 3 atom stereocenters. The van der Waals surface area contributed by atoms with Crippen LogP contribution in [0.4, 0.5) is 0 Å². The molecule has 3 unspecified atom stereocenters. The second-order valence-corrected chi connectivity index (χ2v) is 4.24. The van der Waals surface area contributed by atoms with Crippen molar-refractivity contribution in [2.45, 2.75) is 39.3 Å². The molecule has 1 aromatic heterocycles. The van der Waals surface area contributed by atoms with Crippen molar-refractivity contribution in [2.24, 2.45) is 17.6 Å². The van der Waals surface area contributed by atoms with Crippen molar-refractivity contribution in [1.29, 1.82) is 0 Å². The fourth-order valence-electron chi connectivity index (χ4n) is 2.02. The molecule has 1 aromatic rings. The monoisotopic (exact) mass is 194 g/mol. The van der Waals surface area contributed by atoms with Gasteiger partial charge in [-0.1, -0.05) is 6.92 Å². The van der Waals surface area contributed by atoms with Crippen molar-refractivity contribution in [3.8, 4) is 0 Å². The van der Waals surface area contributed by atoms with Crippen molar-refractivity contribution in [1.82, 2.24) is 14.8 Å². The van der Waals surface area contributed by atoms with Crippen molar-refractivity contribution in [3.05, 3.63) is 12.2 Å². The smallest absolute Gasteiger partial charge is 0.138 e. The molecule has 78 valence electrons. The van der Waals surface area contributed by atoms with E-state index in [0.717, 1.165) is 24.7 Å². The minimum absolute atomic E-state index is 0.263. The van der Waals surface area contributed by atoms with Gasteiger partial charge < -0.3 is 5.73 Å². The molecule has 0 aliphatic heterocycles. The van der Waals surface area contributed by atoms with Crippen LogP contribution in [-0.2, 0) is 13.0 Å². The van der Waals surface area contributed by atoms with E-state index in [2.05, 4.69) is 23.9 Å². The maximum atomic E-state index is 6.10. The Morgan fingerprint density at radius 3 is 3.00 bits per heavy atom. The predicted molar refractivity (Wildman–Crippen MR) is 54.6 cm³/mol. The van der Waals surface area contributed by atoms with E-state index in [9.17, 15) is 0 Å². The highest BCUT2D eigenvalue weighted by atomic mass is 15.3. The first-order valence-electron chi connectivity index (χ1n) is 5.34. The molecule has 1 aliphatic rings. The molecular weight excluding hydrogens is 176 g/mol. The number of nitrogens with two attached hydrogens (primary N) is 1. The average Bonchev–Trinajstić information content (AvgIpc) is 2.74. The fraction of sp³-hybridized carbons (Fsp3) is 0.800. The number of hydrogen-bond donors (Lipinski definition) is 1. The van der Waals surface area contributed by atoms with Gasteiger partial charge >= 0.3 is 0 Å². The molecule has 0 radical (unpaired) electrons. The molecule has 0 saturated heterocycles. The summed E-state index contributed by atoms with van der Waals surface area (Å²) in [6, 6.07) is 0.263. The summed E-state index contributed by atoms with van der Waals surface area (Å²) in [5.74, 6) is 2.54. The van der Waals surface area contributed by atoms with Gasteiger partial charge in [-0.2, -0.15) is 5.10 Å². The Balaban J connectivity index is 1.96. The summed E-state index contributed by atoms with van der Waals surface area (Å²) in [5, 5.41) is 4.14. The van der Waals surface area contributed by atoms with E-state index >= 15 is 0 Å². The minimum atomic E-state index is 0.263. The van der Waals surface area contributed by atoms with Crippen LogP contribution in [0.1, 0.15) is 26.1 Å². The summed E-state index contributed by atoms with van der Waals surface area (Å²) in [7, 11) is 0. The third kappa shape index (κ3) is 1.80. The number of hydrogen-bond acceptors (Lipinski definition) is 3. The number of aromatic nitrogens is 3. The van der Waals surface area contributed by atoms with E-state index < -0.39 is 0 Å². The molecule has 0 spiro atoms. The van der Waals surface area contributed by atoms with Crippen LogP contribution in [0, 0.1) is 11.8 Å². The largest absolute Gasteiger partial charge is 0.327 e. The Hall–Kier alpha value is -0.900. The van der Waals surface area contributed by atoms with Crippen molar-refractivity contribution in [3.63, 3.8) is 0 Å². The van der Waals surface area contributed by atoms with Gasteiger partial charge in [0, 0.05) is 19.0 Å². The van der Waals surface area contributed by atoms with Crippen LogP contribution in [0.25, 0.3) is 0 Å². The molecule has 1 aliphatic carbocycles. The molecule has 0 bridgehead atoms. The average molecular weight is 194 g/mol. The summed E-state index contributed by atoms with van der Waals surface area (Å²) in [6.07, 6.45) is 3.76. The first-order chi connectivity index (χ1) is 6.72. The lowest BCUT2D eigenvalue weighted by molar-refractivity contribution is 0.517. The maximum absolute atomic E-state index is 6.10. The quantitative estimate of drug-likeness (QED) is 0.772. The van der Waals surface area contributed by atoms with Gasteiger partial charge in [0.05, 0.1) is 0 Å². The highest BCUT2D eigenvalue weighted by Gasteiger charge is 2.37. The van der Waals surface area contributed by atoms with Crippen LogP contribution in [-0.4, -0.2) is 20.8 Å². The minimum Gasteiger partial charge on any atom is -0.327 e. The summed E-state index contributed by atoms with van der Waals surface area (Å²) < 4.78 is 1.92. The zero-order chi connectivity index (χ0) is 10.1. The van der Waals surface area contributed by atoms with Crippen molar-refractivity contribution in [2.75, 3.05) is 0 Å². The lowest BCUT2D eigenvalue weighted by atomic mass is 10.1. The highest BCUT2D eigenvalue weighted by molar-refractivity contribution is 4.97. The number of aryl methyl sites for hydroxylation is 1. The Kier molecular flexibility index (Phi) is 2.54. The van der Waals surface area contributed by atoms with Gasteiger partial charge in [-0.05, 0) is 25.2 Å². The van der Waals surface area contributed by atoms with E-state index in [-0.39, 0.29) is 6.04 Å². The molecule has 14 heavy (non-hydrogen) atoms. The highest BCUT2D eigenvalue weighted by Crippen LogP contribution is 2.40. The molecule has 2 N–H and O–H groups in total. The Morgan fingerprint density at radius 2 is 2.43 bits per heavy atom. The first kappa shape index (κ1) is 9.65. The van der Waals surface area contributed by atoms with Gasteiger partial charge in [0.1, 0.15) is 12.2 Å². The predicted octanol–water partition coefficient (Wildman–Crippen LogP) is 0.824. The second kappa shape index (κ2) is 3.69. The van der Waals surface area contributed by atoms with Gasteiger partial charge in [0.15, 0.2) is 0 Å². The van der Waals surface area contributed by atoms with Crippen LogP contribution in [0.15, 0.2) is 6.33 Å². The second-order valence-electron chi connectivity index (χ2n) is 4.24. The Morgan fingerprint density at radius 1 is 1.71 bits per heavy atom. The Labute approximate surface area is 84.5 Å². The molecule has 1 heterocycles. The molecule has 0 amide bonds. The topological polar surface area (TPSA) is 56.7 Å². The van der Waals surface area contributed by atoms with Crippen LogP contribution < -0.4 is 5.73 Å². The summed E-state index contributed by atoms with van der Waals surface area (Å²) >= 11 is 0. The van der Waals surface area contributed by atoms with Gasteiger partial charge in [-0.25, -0.2) is 4.98 Å². The zero-order valence-corrected chi connectivity index (χ0v) is 8.85. The summed E-state index contributed by atoms with van der Waals surface area (Å²) in [5.41, 5.74) is 6.10. The molecule has 2 rings (SSSR count). The van der Waals surface area contributed by atoms with Crippen molar-refractivity contribution < 1.29 is 0 Å². The molecule has 0 aromatic carbocycles. The normalized spacial score (nSPS) is 27.6. The molecule has 4 heteroatoms. The lowest BCUT2D eigenvalue weighted by Gasteiger charge is -2.10. The van der Waals surface area contributed by atoms with E-state index in [1.807, 2.05) is 4.68 Å². The zero-order valence-electron chi connectivity index (χ0n) is 8.85. The van der Waals surface area contributed by atoms with Crippen LogP contribution in [0.5, 0.6) is 0 Å². The summed E-state index contributed by atoms with van der Waals surface area (Å²) in [6.45, 7) is 5.21. The third-order valence-electron chi connectivity index (χ3n) is 3.14. The van der Waals surface area contributed by atoms with Crippen LogP contribution in [0.3, 0.4) is 0 Å². The van der Waals surface area contributed by atoms with Gasteiger partial charge in [-0.15, -0.1) is 0 Å². The first-order valence-corrected chi connectivity index (χ1v) is 5.34. The fourth-order valence-corrected chi connectivity index (χ4v) is 2.02. The molecule has 4 nitrogen and oxygen atoms in total. The van der Waals surface area contributed by atoms with Gasteiger partial charge in [-0.3, -0.25) is 4.68 Å². The van der Waals surface area contributed by atoms with Crippen LogP contribution >= 0.6 is 0 Å². The number of rotatable bonds is 4. The molecule has 1 saturated carbocycles. The maximum Gasteiger partial charge on any atom is 0.138 e. The standard InChI is InChI=1S/C10H18N4/c1-3-14-10(12-6-13-14)5-9(11)8-4-7(8)2/h6-9H,3-5,11H2,1-2H3. The van der Waals surface area contributed by atoms with Crippen molar-refractivity contribution >= 4 is 0 Å². The Bertz CT molecular complexity index is 307. The van der Waals surface area contributed by atoms with Crippen LogP contribution in [0.2, 0.25) is 0 Å². The van der Waals surface area contributed by atoms with Gasteiger partial charge in [0.25, 0.3) is 0 Å². The summed E-state index contributed by atoms with van der Waals surface area (Å²) in [4.78, 5) is 4.23. The third-order valence-corrected chi connectivity index (χ3v) is 3.14. The molecule has 1 fully saturated rings.